The number of urea groups is 1. The molecular weight excluding hydrogens is 334 g/mol. The first kappa shape index (κ1) is 15.8. The van der Waals surface area contributed by atoms with E-state index >= 15 is 0 Å². The average Bonchev–Trinajstić information content (AvgIpc) is 2.37. The Balaban J connectivity index is 2.97. The summed E-state index contributed by atoms with van der Waals surface area (Å²) in [6.45, 7) is -0.487. The molecule has 0 fully saturated rings. The highest BCUT2D eigenvalue weighted by Crippen LogP contribution is 2.32. The maximum absolute atomic E-state index is 10.5. The second-order valence-corrected chi connectivity index (χ2v) is 4.30. The summed E-state index contributed by atoms with van der Waals surface area (Å²) in [6, 6.07) is 2.31. The molecule has 0 radical (unpaired) electrons. The number of aliphatic carboxylic acids is 1. The second kappa shape index (κ2) is 7.34. The summed E-state index contributed by atoms with van der Waals surface area (Å²) in [5.74, 6) is -0.503. The summed E-state index contributed by atoms with van der Waals surface area (Å²) in [5.41, 5.74) is 7.50. The number of carboxylic acid groups (broad SMARTS) is 1. The molecule has 0 spiro atoms. The minimum Gasteiger partial charge on any atom is -0.493 e. The van der Waals surface area contributed by atoms with Gasteiger partial charge < -0.3 is 20.3 Å². The third-order valence-electron chi connectivity index (χ3n) is 2.01. The number of benzene rings is 1. The number of methoxy groups -OCH3 is 1. The third-order valence-corrected chi connectivity index (χ3v) is 2.70. The lowest BCUT2D eigenvalue weighted by molar-refractivity contribution is -0.139. The number of nitrogens with zero attached hydrogens (tertiary/aromatic N) is 1. The maximum atomic E-state index is 10.5. The Labute approximate surface area is 122 Å². The Morgan fingerprint density at radius 2 is 2.20 bits per heavy atom. The van der Waals surface area contributed by atoms with Gasteiger partial charge in [0, 0.05) is 10.0 Å². The number of carbonyl (C=O) groups excluding carboxylic acids is 1. The van der Waals surface area contributed by atoms with E-state index in [1.54, 1.807) is 6.07 Å². The van der Waals surface area contributed by atoms with Crippen molar-refractivity contribution in [3.8, 4) is 11.5 Å². The number of carbonyl (C=O) groups is 2. The number of halogens is 1. The first-order chi connectivity index (χ1) is 9.43. The minimum absolute atomic E-state index is 0.266. The predicted octanol–water partition coefficient (Wildman–Crippen LogP) is 0.923. The molecule has 0 aliphatic heterocycles. The summed E-state index contributed by atoms with van der Waals surface area (Å²) in [7, 11) is 1.42. The number of nitrogens with two attached hydrogens (primary N) is 1. The Bertz CT molecular complexity index is 547. The van der Waals surface area contributed by atoms with Crippen LogP contribution < -0.4 is 20.6 Å². The summed E-state index contributed by atoms with van der Waals surface area (Å²) < 4.78 is 10.7. The Hall–Kier alpha value is -2.29. The molecule has 1 aromatic rings. The number of primary amides is 1. The molecule has 9 heteroatoms. The van der Waals surface area contributed by atoms with E-state index in [0.717, 1.165) is 0 Å². The minimum atomic E-state index is -1.10. The standard InChI is InChI=1S/C11H12BrN3O5/c1-19-8-2-6(4-14-15-11(13)18)7(12)3-9(8)20-5-10(16)17/h2-4H,5H2,1H3,(H,16,17)(H3,13,15,18). The van der Waals surface area contributed by atoms with Crippen LogP contribution in [-0.2, 0) is 4.79 Å². The van der Waals surface area contributed by atoms with Crippen molar-refractivity contribution in [2.24, 2.45) is 10.8 Å². The normalized spacial score (nSPS) is 10.3. The molecule has 0 bridgehead atoms. The fourth-order valence-corrected chi connectivity index (χ4v) is 1.65. The number of ether oxygens (including phenoxy) is 2. The van der Waals surface area contributed by atoms with Crippen LogP contribution in [0.2, 0.25) is 0 Å². The molecule has 20 heavy (non-hydrogen) atoms. The molecule has 0 atom stereocenters. The molecule has 0 aliphatic carbocycles. The van der Waals surface area contributed by atoms with E-state index in [9.17, 15) is 9.59 Å². The number of amides is 2. The van der Waals surface area contributed by atoms with Crippen LogP contribution in [0.4, 0.5) is 4.79 Å². The van der Waals surface area contributed by atoms with Gasteiger partial charge in [0.2, 0.25) is 0 Å². The summed E-state index contributed by atoms with van der Waals surface area (Å²) in [4.78, 5) is 21.0. The van der Waals surface area contributed by atoms with E-state index in [1.807, 2.05) is 0 Å². The van der Waals surface area contributed by atoms with E-state index in [1.165, 1.54) is 19.4 Å². The van der Waals surface area contributed by atoms with Crippen LogP contribution in [0.15, 0.2) is 21.7 Å². The molecule has 8 nitrogen and oxygen atoms in total. The van der Waals surface area contributed by atoms with Gasteiger partial charge in [-0.25, -0.2) is 15.0 Å². The van der Waals surface area contributed by atoms with Gasteiger partial charge in [0.15, 0.2) is 18.1 Å². The molecule has 1 aromatic carbocycles. The van der Waals surface area contributed by atoms with Gasteiger partial charge in [0.05, 0.1) is 13.3 Å². The Morgan fingerprint density at radius 1 is 1.50 bits per heavy atom. The van der Waals surface area contributed by atoms with E-state index in [0.29, 0.717) is 15.8 Å². The van der Waals surface area contributed by atoms with E-state index < -0.39 is 18.6 Å². The fourth-order valence-electron chi connectivity index (χ4n) is 1.23. The Kier molecular flexibility index (Phi) is 5.78. The molecule has 4 N–H and O–H groups in total. The second-order valence-electron chi connectivity index (χ2n) is 3.44. The molecule has 0 aliphatic rings. The number of hydrazone groups is 1. The molecule has 0 saturated carbocycles. The highest BCUT2D eigenvalue weighted by atomic mass is 79.9. The van der Waals surface area contributed by atoms with Crippen molar-refractivity contribution in [3.05, 3.63) is 22.2 Å². The fraction of sp³-hybridized carbons (Fsp3) is 0.182. The van der Waals surface area contributed by atoms with Crippen molar-refractivity contribution in [3.63, 3.8) is 0 Å². The number of hydrogen-bond acceptors (Lipinski definition) is 5. The van der Waals surface area contributed by atoms with Crippen LogP contribution in [0.5, 0.6) is 11.5 Å². The van der Waals surface area contributed by atoms with Gasteiger partial charge in [-0.15, -0.1) is 0 Å². The molecular formula is C11H12BrN3O5. The molecule has 0 unspecified atom stereocenters. The van der Waals surface area contributed by atoms with Crippen LogP contribution in [-0.4, -0.2) is 37.0 Å². The van der Waals surface area contributed by atoms with E-state index in [2.05, 4.69) is 26.5 Å². The van der Waals surface area contributed by atoms with E-state index in [4.69, 9.17) is 20.3 Å². The molecule has 0 heterocycles. The van der Waals surface area contributed by atoms with Crippen molar-refractivity contribution in [2.45, 2.75) is 0 Å². The first-order valence-electron chi connectivity index (χ1n) is 5.24. The SMILES string of the molecule is COc1cc(C=NNC(N)=O)c(Br)cc1OCC(=O)O. The zero-order valence-corrected chi connectivity index (χ0v) is 12.0. The van der Waals surface area contributed by atoms with Crippen molar-refractivity contribution in [1.29, 1.82) is 0 Å². The van der Waals surface area contributed by atoms with Gasteiger partial charge >= 0.3 is 12.0 Å². The van der Waals surface area contributed by atoms with Crippen molar-refractivity contribution in [1.82, 2.24) is 5.43 Å². The van der Waals surface area contributed by atoms with Crippen LogP contribution in [0, 0.1) is 0 Å². The zero-order valence-electron chi connectivity index (χ0n) is 10.4. The van der Waals surface area contributed by atoms with Gasteiger partial charge in [0.1, 0.15) is 0 Å². The molecule has 2 amide bonds. The summed E-state index contributed by atoms with van der Waals surface area (Å²) in [6.07, 6.45) is 1.35. The summed E-state index contributed by atoms with van der Waals surface area (Å²) in [5, 5.41) is 12.2. The third kappa shape index (κ3) is 4.76. The van der Waals surface area contributed by atoms with Gasteiger partial charge in [-0.2, -0.15) is 5.10 Å². The van der Waals surface area contributed by atoms with Gasteiger partial charge in [-0.1, -0.05) is 0 Å². The first-order valence-corrected chi connectivity index (χ1v) is 6.04. The molecule has 0 saturated heterocycles. The Morgan fingerprint density at radius 3 is 2.75 bits per heavy atom. The van der Waals surface area contributed by atoms with Gasteiger partial charge in [0.25, 0.3) is 0 Å². The lowest BCUT2D eigenvalue weighted by atomic mass is 10.2. The smallest absolute Gasteiger partial charge is 0.341 e. The van der Waals surface area contributed by atoms with Crippen molar-refractivity contribution in [2.75, 3.05) is 13.7 Å². The lowest BCUT2D eigenvalue weighted by Crippen LogP contribution is -2.24. The molecule has 0 aromatic heterocycles. The monoisotopic (exact) mass is 345 g/mol. The van der Waals surface area contributed by atoms with Crippen LogP contribution >= 0.6 is 15.9 Å². The number of rotatable bonds is 6. The van der Waals surface area contributed by atoms with Crippen LogP contribution in [0.1, 0.15) is 5.56 Å². The highest BCUT2D eigenvalue weighted by Gasteiger charge is 2.10. The van der Waals surface area contributed by atoms with Crippen molar-refractivity contribution >= 4 is 34.1 Å². The van der Waals surface area contributed by atoms with Crippen molar-refractivity contribution < 1.29 is 24.2 Å². The van der Waals surface area contributed by atoms with Gasteiger partial charge in [-0.05, 0) is 28.1 Å². The number of carboxylic acids is 1. The van der Waals surface area contributed by atoms with Crippen LogP contribution in [0.3, 0.4) is 0 Å². The average molecular weight is 346 g/mol. The topological polar surface area (TPSA) is 123 Å². The maximum Gasteiger partial charge on any atom is 0.341 e. The lowest BCUT2D eigenvalue weighted by Gasteiger charge is -2.11. The summed E-state index contributed by atoms with van der Waals surface area (Å²) >= 11 is 3.27. The predicted molar refractivity (Wildman–Crippen MR) is 74.1 cm³/mol. The quantitative estimate of drug-likeness (QED) is 0.522. The number of nitrogens with one attached hydrogen (secondary N) is 1. The molecule has 1 rings (SSSR count). The number of hydrogen-bond donors (Lipinski definition) is 3. The highest BCUT2D eigenvalue weighted by molar-refractivity contribution is 9.10. The van der Waals surface area contributed by atoms with Gasteiger partial charge in [-0.3, -0.25) is 0 Å². The molecule has 108 valence electrons. The largest absolute Gasteiger partial charge is 0.493 e. The van der Waals surface area contributed by atoms with E-state index in [-0.39, 0.29) is 5.75 Å². The zero-order chi connectivity index (χ0) is 15.1. The van der Waals surface area contributed by atoms with Crippen LogP contribution in [0.25, 0.3) is 0 Å².